The molecule has 0 aliphatic rings. The number of aromatic nitrogens is 2. The van der Waals surface area contributed by atoms with Crippen LogP contribution >= 0.6 is 10.0 Å². The van der Waals surface area contributed by atoms with Crippen molar-refractivity contribution in [2.24, 2.45) is 0 Å². The summed E-state index contributed by atoms with van der Waals surface area (Å²) in [6.45, 7) is 3.19. The first-order chi connectivity index (χ1) is 12.3. The average Bonchev–Trinajstić information content (AvgIpc) is 3.00. The third-order valence-corrected chi connectivity index (χ3v) is 5.66. The van der Waals surface area contributed by atoms with Crippen LogP contribution in [0.4, 0.5) is 0 Å². The summed E-state index contributed by atoms with van der Waals surface area (Å²) < 4.78 is 7.62. The maximum atomic E-state index is 12.7. The minimum Gasteiger partial charge on any atom is -0.358 e. The summed E-state index contributed by atoms with van der Waals surface area (Å²) in [5.74, 6) is 1.12. The van der Waals surface area contributed by atoms with Gasteiger partial charge >= 0.3 is 0 Å². The molecule has 0 amide bonds. The zero-order valence-electron chi connectivity index (χ0n) is 15.9. The van der Waals surface area contributed by atoms with Crippen molar-refractivity contribution in [1.82, 2.24) is 9.78 Å². The largest absolute Gasteiger partial charge is 0.358 e. The molecule has 1 aromatic heterocycles. The van der Waals surface area contributed by atoms with E-state index in [1.165, 1.54) is 0 Å². The topological polar surface area (TPSA) is 44.1 Å². The molecule has 3 aromatic rings. The van der Waals surface area contributed by atoms with Crippen molar-refractivity contribution < 1.29 is 9.53 Å². The maximum Gasteiger partial charge on any atom is 0.193 e. The van der Waals surface area contributed by atoms with Crippen LogP contribution in [0.1, 0.15) is 21.5 Å². The molecule has 0 fully saturated rings. The summed E-state index contributed by atoms with van der Waals surface area (Å²) in [6.07, 6.45) is 8.64. The number of fused-ring (bicyclic) bond motifs is 1. The second-order valence-corrected chi connectivity index (χ2v) is 12.0. The van der Waals surface area contributed by atoms with Crippen molar-refractivity contribution in [3.63, 3.8) is 0 Å². The monoisotopic (exact) mass is 370 g/mol. The molecule has 0 atom stereocenters. The van der Waals surface area contributed by atoms with Gasteiger partial charge in [-0.05, 0) is 43.9 Å². The Labute approximate surface area is 156 Å². The van der Waals surface area contributed by atoms with E-state index >= 15 is 0 Å². The molecule has 0 unspecified atom stereocenters. The van der Waals surface area contributed by atoms with E-state index in [0.717, 1.165) is 28.8 Å². The molecule has 5 heteroatoms. The molecule has 2 aromatic carbocycles. The van der Waals surface area contributed by atoms with E-state index in [0.29, 0.717) is 17.9 Å². The predicted octanol–water partition coefficient (Wildman–Crippen LogP) is 4.24. The Morgan fingerprint density at radius 3 is 2.46 bits per heavy atom. The molecule has 0 aliphatic carbocycles. The molecule has 0 saturated heterocycles. The highest BCUT2D eigenvalue weighted by molar-refractivity contribution is 8.32. The highest BCUT2D eigenvalue weighted by Gasteiger charge is 2.11. The number of aryl methyl sites for hydroxylation is 1. The van der Waals surface area contributed by atoms with Gasteiger partial charge in [0.25, 0.3) is 0 Å². The van der Waals surface area contributed by atoms with Crippen LogP contribution in [-0.4, -0.2) is 46.7 Å². The van der Waals surface area contributed by atoms with E-state index < -0.39 is 10.0 Å². The maximum absolute atomic E-state index is 12.7. The second-order valence-electron chi connectivity index (χ2n) is 7.45. The number of nitrogens with zero attached hydrogens (tertiary/aromatic N) is 2. The van der Waals surface area contributed by atoms with Gasteiger partial charge in [-0.25, -0.2) is 14.7 Å². The van der Waals surface area contributed by atoms with Crippen LogP contribution in [0.15, 0.2) is 48.7 Å². The second kappa shape index (κ2) is 7.64. The number of carbonyl (C=O) groups excluding carboxylic acids is 1. The van der Waals surface area contributed by atoms with Crippen molar-refractivity contribution in [1.29, 1.82) is 0 Å². The van der Waals surface area contributed by atoms with Crippen LogP contribution < -0.4 is 0 Å². The number of hydrogen-bond donors (Lipinski definition) is 0. The minimum absolute atomic E-state index is 0.0315. The normalized spacial score (nSPS) is 12.5. The quantitative estimate of drug-likeness (QED) is 0.461. The van der Waals surface area contributed by atoms with E-state index in [1.54, 1.807) is 6.20 Å². The van der Waals surface area contributed by atoms with E-state index in [-0.39, 0.29) is 5.78 Å². The van der Waals surface area contributed by atoms with E-state index in [2.05, 4.69) is 23.9 Å². The van der Waals surface area contributed by atoms with Gasteiger partial charge in [0, 0.05) is 22.3 Å². The Balaban J connectivity index is 1.72. The molecule has 0 radical (unpaired) electrons. The first-order valence-electron chi connectivity index (χ1n) is 8.64. The van der Waals surface area contributed by atoms with Gasteiger partial charge in [0.15, 0.2) is 5.78 Å². The Morgan fingerprint density at radius 1 is 1.08 bits per heavy atom. The Kier molecular flexibility index (Phi) is 5.49. The Hall–Kier alpha value is -2.11. The summed E-state index contributed by atoms with van der Waals surface area (Å²) in [6, 6.07) is 13.4. The van der Waals surface area contributed by atoms with Crippen molar-refractivity contribution >= 4 is 26.7 Å². The van der Waals surface area contributed by atoms with Crippen molar-refractivity contribution in [3.8, 4) is 0 Å². The number of hydrogen-bond acceptors (Lipinski definition) is 3. The molecule has 1 heterocycles. The first-order valence-corrected chi connectivity index (χ1v) is 11.7. The Morgan fingerprint density at radius 2 is 1.77 bits per heavy atom. The molecule has 138 valence electrons. The highest BCUT2D eigenvalue weighted by atomic mass is 32.3. The van der Waals surface area contributed by atoms with Crippen LogP contribution in [-0.2, 0) is 11.5 Å². The fourth-order valence-electron chi connectivity index (χ4n) is 2.66. The number of carbonyl (C=O) groups is 1. The molecule has 3 rings (SSSR count). The smallest absolute Gasteiger partial charge is 0.193 e. The fourth-order valence-corrected chi connectivity index (χ4v) is 3.28. The average molecular weight is 371 g/mol. The highest BCUT2D eigenvalue weighted by Crippen LogP contribution is 2.33. The van der Waals surface area contributed by atoms with Crippen LogP contribution in [0.25, 0.3) is 10.9 Å². The number of benzene rings is 2. The van der Waals surface area contributed by atoms with Gasteiger partial charge in [-0.2, -0.15) is 5.10 Å². The number of rotatable bonds is 7. The van der Waals surface area contributed by atoms with Crippen molar-refractivity contribution in [2.45, 2.75) is 13.7 Å². The van der Waals surface area contributed by atoms with Crippen molar-refractivity contribution in [2.75, 3.05) is 31.1 Å². The third-order valence-electron chi connectivity index (χ3n) is 4.27. The van der Waals surface area contributed by atoms with Gasteiger partial charge in [-0.15, -0.1) is 0 Å². The zero-order valence-corrected chi connectivity index (χ0v) is 16.7. The van der Waals surface area contributed by atoms with Gasteiger partial charge in [0.05, 0.1) is 18.3 Å². The lowest BCUT2D eigenvalue weighted by Gasteiger charge is -2.24. The molecule has 0 bridgehead atoms. The molecule has 0 spiro atoms. The van der Waals surface area contributed by atoms with Gasteiger partial charge in [-0.1, -0.05) is 29.8 Å². The molecule has 0 N–H and O–H groups in total. The summed E-state index contributed by atoms with van der Waals surface area (Å²) in [7, 11) is -0.544. The van der Waals surface area contributed by atoms with E-state index in [4.69, 9.17) is 4.74 Å². The summed E-state index contributed by atoms with van der Waals surface area (Å²) in [5.41, 5.74) is 3.51. The third kappa shape index (κ3) is 4.54. The number of ether oxygens (including phenoxy) is 1. The van der Waals surface area contributed by atoms with E-state index in [1.807, 2.05) is 54.1 Å². The van der Waals surface area contributed by atoms with Crippen molar-refractivity contribution in [3.05, 3.63) is 65.4 Å². The van der Waals surface area contributed by atoms with E-state index in [9.17, 15) is 4.79 Å². The summed E-state index contributed by atoms with van der Waals surface area (Å²) >= 11 is 0. The molecule has 0 saturated carbocycles. The van der Waals surface area contributed by atoms with Gasteiger partial charge in [0.1, 0.15) is 6.73 Å². The van der Waals surface area contributed by atoms with Gasteiger partial charge < -0.3 is 4.74 Å². The molecular formula is C21H26N2O2S. The van der Waals surface area contributed by atoms with Gasteiger partial charge in [-0.3, -0.25) is 4.79 Å². The first kappa shape index (κ1) is 18.7. The summed E-state index contributed by atoms with van der Waals surface area (Å²) in [5, 5.41) is 5.35. The lowest BCUT2D eigenvalue weighted by molar-refractivity contribution is 0.0841. The Bertz CT molecular complexity index is 908. The van der Waals surface area contributed by atoms with Crippen LogP contribution in [0.2, 0.25) is 0 Å². The molecule has 26 heavy (non-hydrogen) atoms. The predicted molar refractivity (Wildman–Crippen MR) is 111 cm³/mol. The minimum atomic E-state index is -0.544. The lowest BCUT2D eigenvalue weighted by Crippen LogP contribution is -2.10. The molecular weight excluding hydrogens is 344 g/mol. The summed E-state index contributed by atoms with van der Waals surface area (Å²) in [4.78, 5) is 12.7. The molecule has 4 nitrogen and oxygen atoms in total. The number of ketones is 1. The van der Waals surface area contributed by atoms with Crippen LogP contribution in [0, 0.1) is 6.92 Å². The standard InChI is InChI=1S/C21H26N2O2S/c1-16-5-7-17(8-6-16)21(24)18-9-10-20-19(13-18)14-22-23(20)15-25-11-12-26(2,3)4/h5-10,13-14H,11-12,15H2,1-4H3. The lowest BCUT2D eigenvalue weighted by atomic mass is 10.0. The van der Waals surface area contributed by atoms with Gasteiger partial charge in [0.2, 0.25) is 0 Å². The molecule has 0 aliphatic heterocycles. The zero-order chi connectivity index (χ0) is 18.7. The SMILES string of the molecule is Cc1ccc(C(=O)c2ccc3c(cnn3COCCS(C)(C)C)c2)cc1. The fraction of sp³-hybridized carbons (Fsp3) is 0.333. The van der Waals surface area contributed by atoms with Crippen LogP contribution in [0.3, 0.4) is 0 Å². The van der Waals surface area contributed by atoms with Crippen LogP contribution in [0.5, 0.6) is 0 Å².